The second kappa shape index (κ2) is 7.69. The lowest BCUT2D eigenvalue weighted by Crippen LogP contribution is -2.06. The minimum absolute atomic E-state index is 0.0660. The zero-order chi connectivity index (χ0) is 20.4. The molecule has 0 spiro atoms. The summed E-state index contributed by atoms with van der Waals surface area (Å²) >= 11 is 6.05. The van der Waals surface area contributed by atoms with Crippen LogP contribution in [0.3, 0.4) is 0 Å². The largest absolute Gasteiger partial charge is 0.353 e. The van der Waals surface area contributed by atoms with Crippen LogP contribution >= 0.6 is 11.6 Å². The topological polar surface area (TPSA) is 106 Å². The molecule has 0 aliphatic rings. The molecule has 0 bridgehead atoms. The molecule has 0 aliphatic heterocycles. The quantitative estimate of drug-likeness (QED) is 0.338. The Morgan fingerprint density at radius 2 is 1.72 bits per heavy atom. The van der Waals surface area contributed by atoms with Crippen LogP contribution in [0.1, 0.15) is 5.56 Å². The Kier molecular flexibility index (Phi) is 4.92. The smallest absolute Gasteiger partial charge is 0.334 e. The number of benzene rings is 2. The monoisotopic (exact) mass is 406 g/mol. The van der Waals surface area contributed by atoms with Crippen LogP contribution in [0.4, 0.5) is 28.7 Å². The van der Waals surface area contributed by atoms with Gasteiger partial charge in [-0.15, -0.1) is 0 Å². The molecule has 9 heteroatoms. The third-order valence-corrected chi connectivity index (χ3v) is 4.59. The van der Waals surface area contributed by atoms with Gasteiger partial charge in [-0.25, -0.2) is 9.97 Å². The molecule has 0 saturated carbocycles. The van der Waals surface area contributed by atoms with Crippen LogP contribution in [-0.4, -0.2) is 19.9 Å². The Morgan fingerprint density at radius 1 is 0.966 bits per heavy atom. The second-order valence-corrected chi connectivity index (χ2v) is 6.70. The van der Waals surface area contributed by atoms with E-state index in [1.54, 1.807) is 24.4 Å². The Morgan fingerprint density at radius 3 is 2.48 bits per heavy atom. The Labute approximate surface area is 170 Å². The van der Waals surface area contributed by atoms with Crippen LogP contribution in [0.5, 0.6) is 0 Å². The number of hydrogen-bond acceptors (Lipinski definition) is 7. The number of aryl methyl sites for hydroxylation is 1. The van der Waals surface area contributed by atoms with Gasteiger partial charge < -0.3 is 10.6 Å². The summed E-state index contributed by atoms with van der Waals surface area (Å²) in [6.45, 7) is 1.87. The van der Waals surface area contributed by atoms with Crippen LogP contribution in [0.2, 0.25) is 5.02 Å². The molecule has 0 saturated heterocycles. The van der Waals surface area contributed by atoms with Crippen molar-refractivity contribution in [3.8, 4) is 0 Å². The Hall–Kier alpha value is -3.78. The van der Waals surface area contributed by atoms with Crippen molar-refractivity contribution < 1.29 is 4.92 Å². The lowest BCUT2D eigenvalue weighted by molar-refractivity contribution is -0.383. The number of nitro groups is 1. The van der Waals surface area contributed by atoms with E-state index in [2.05, 4.69) is 25.6 Å². The summed E-state index contributed by atoms with van der Waals surface area (Å²) in [6.07, 6.45) is 2.95. The van der Waals surface area contributed by atoms with E-state index in [1.807, 2.05) is 37.3 Å². The summed E-state index contributed by atoms with van der Waals surface area (Å²) in [5.74, 6) is 0.139. The molecular formula is C20H15ClN6O2. The highest BCUT2D eigenvalue weighted by Crippen LogP contribution is 2.35. The minimum Gasteiger partial charge on any atom is -0.334 e. The van der Waals surface area contributed by atoms with Crippen LogP contribution in [0.25, 0.3) is 10.9 Å². The number of fused-ring (bicyclic) bond motifs is 1. The standard InChI is InChI=1S/C20H15ClN6O2/c1-12-7-8-13(21)10-17(12)26-20-18(27(28)29)19(23-11-24-20)25-16-6-2-5-15-14(16)4-3-9-22-15/h2-11H,1H3,(H2,23,24,25,26). The van der Waals surface area contributed by atoms with Crippen molar-refractivity contribution in [2.75, 3.05) is 10.6 Å². The number of anilines is 4. The Balaban J connectivity index is 1.77. The molecule has 8 nitrogen and oxygen atoms in total. The van der Waals surface area contributed by atoms with E-state index in [-0.39, 0.29) is 17.3 Å². The van der Waals surface area contributed by atoms with Crippen LogP contribution < -0.4 is 10.6 Å². The van der Waals surface area contributed by atoms with Gasteiger partial charge in [-0.2, -0.15) is 0 Å². The van der Waals surface area contributed by atoms with Crippen LogP contribution in [0, 0.1) is 17.0 Å². The number of rotatable bonds is 5. The van der Waals surface area contributed by atoms with Crippen molar-refractivity contribution in [3.05, 3.63) is 81.8 Å². The number of nitrogens with zero attached hydrogens (tertiary/aromatic N) is 4. The molecule has 2 aromatic heterocycles. The maximum absolute atomic E-state index is 11.8. The third kappa shape index (κ3) is 3.78. The average molecular weight is 407 g/mol. The highest BCUT2D eigenvalue weighted by atomic mass is 35.5. The van der Waals surface area contributed by atoms with E-state index in [0.717, 1.165) is 16.5 Å². The van der Waals surface area contributed by atoms with Gasteiger partial charge in [0.15, 0.2) is 0 Å². The molecule has 4 rings (SSSR count). The van der Waals surface area contributed by atoms with Gasteiger partial charge in [-0.3, -0.25) is 15.1 Å². The maximum atomic E-state index is 11.8. The number of pyridine rings is 1. The molecule has 0 amide bonds. The van der Waals surface area contributed by atoms with Crippen LogP contribution in [-0.2, 0) is 0 Å². The first-order valence-electron chi connectivity index (χ1n) is 8.66. The van der Waals surface area contributed by atoms with Crippen molar-refractivity contribution in [3.63, 3.8) is 0 Å². The number of nitrogens with one attached hydrogen (secondary N) is 2. The molecule has 0 atom stereocenters. The second-order valence-electron chi connectivity index (χ2n) is 6.26. The van der Waals surface area contributed by atoms with Gasteiger partial charge in [0.25, 0.3) is 0 Å². The van der Waals surface area contributed by atoms with Gasteiger partial charge in [-0.1, -0.05) is 23.7 Å². The van der Waals surface area contributed by atoms with E-state index in [9.17, 15) is 10.1 Å². The number of aromatic nitrogens is 3. The molecule has 0 fully saturated rings. The molecule has 144 valence electrons. The fourth-order valence-corrected chi connectivity index (χ4v) is 3.10. The Bertz CT molecular complexity index is 1230. The van der Waals surface area contributed by atoms with E-state index in [1.165, 1.54) is 6.33 Å². The molecule has 0 radical (unpaired) electrons. The lowest BCUT2D eigenvalue weighted by Gasteiger charge is -2.12. The summed E-state index contributed by atoms with van der Waals surface area (Å²) in [4.78, 5) is 23.8. The van der Waals surface area contributed by atoms with Gasteiger partial charge in [0, 0.05) is 28.0 Å². The first-order valence-corrected chi connectivity index (χ1v) is 9.04. The van der Waals surface area contributed by atoms with Gasteiger partial charge in [0.2, 0.25) is 11.6 Å². The van der Waals surface area contributed by atoms with E-state index in [0.29, 0.717) is 16.4 Å². The number of hydrogen-bond donors (Lipinski definition) is 2. The van der Waals surface area contributed by atoms with Crippen molar-refractivity contribution in [1.82, 2.24) is 15.0 Å². The van der Waals surface area contributed by atoms with Crippen molar-refractivity contribution in [1.29, 1.82) is 0 Å². The van der Waals surface area contributed by atoms with Gasteiger partial charge >= 0.3 is 5.69 Å². The SMILES string of the molecule is Cc1ccc(Cl)cc1Nc1ncnc(Nc2cccc3ncccc23)c1[N+](=O)[O-]. The molecular weight excluding hydrogens is 392 g/mol. The molecule has 2 heterocycles. The van der Waals surface area contributed by atoms with Crippen molar-refractivity contribution >= 4 is 51.2 Å². The zero-order valence-electron chi connectivity index (χ0n) is 15.3. The molecule has 29 heavy (non-hydrogen) atoms. The minimum atomic E-state index is -0.520. The highest BCUT2D eigenvalue weighted by Gasteiger charge is 2.24. The third-order valence-electron chi connectivity index (χ3n) is 4.36. The summed E-state index contributed by atoms with van der Waals surface area (Å²) < 4.78 is 0. The fourth-order valence-electron chi connectivity index (χ4n) is 2.93. The molecule has 2 aromatic carbocycles. The normalized spacial score (nSPS) is 10.7. The molecule has 2 N–H and O–H groups in total. The highest BCUT2D eigenvalue weighted by molar-refractivity contribution is 6.30. The predicted molar refractivity (Wildman–Crippen MR) is 113 cm³/mol. The van der Waals surface area contributed by atoms with Gasteiger partial charge in [-0.05, 0) is 48.9 Å². The van der Waals surface area contributed by atoms with E-state index >= 15 is 0 Å². The first-order chi connectivity index (χ1) is 14.0. The van der Waals surface area contributed by atoms with E-state index in [4.69, 9.17) is 11.6 Å². The molecule has 0 unspecified atom stereocenters. The molecule has 0 aliphatic carbocycles. The predicted octanol–water partition coefficient (Wildman–Crippen LogP) is 5.38. The first kappa shape index (κ1) is 18.6. The van der Waals surface area contributed by atoms with Crippen LogP contribution in [0.15, 0.2) is 61.1 Å². The number of halogens is 1. The lowest BCUT2D eigenvalue weighted by atomic mass is 10.2. The molecule has 4 aromatic rings. The summed E-state index contributed by atoms with van der Waals surface area (Å²) in [5.41, 5.74) is 2.65. The maximum Gasteiger partial charge on any atom is 0.353 e. The van der Waals surface area contributed by atoms with Gasteiger partial charge in [0.05, 0.1) is 10.4 Å². The van der Waals surface area contributed by atoms with Crippen molar-refractivity contribution in [2.45, 2.75) is 6.92 Å². The summed E-state index contributed by atoms with van der Waals surface area (Å²) in [5, 5.41) is 19.2. The fraction of sp³-hybridized carbons (Fsp3) is 0.0500. The summed E-state index contributed by atoms with van der Waals surface area (Å²) in [7, 11) is 0. The van der Waals surface area contributed by atoms with Crippen molar-refractivity contribution in [2.24, 2.45) is 0 Å². The summed E-state index contributed by atoms with van der Waals surface area (Å²) in [6, 6.07) is 14.4. The van der Waals surface area contributed by atoms with E-state index < -0.39 is 4.92 Å². The average Bonchev–Trinajstić information content (AvgIpc) is 2.71. The zero-order valence-corrected chi connectivity index (χ0v) is 16.0. The van der Waals surface area contributed by atoms with Gasteiger partial charge in [0.1, 0.15) is 6.33 Å².